The summed E-state index contributed by atoms with van der Waals surface area (Å²) in [7, 11) is 0. The van der Waals surface area contributed by atoms with Crippen LogP contribution in [0.15, 0.2) is 0 Å². The highest BCUT2D eigenvalue weighted by Crippen LogP contribution is 2.30. The summed E-state index contributed by atoms with van der Waals surface area (Å²) < 4.78 is 22.5. The van der Waals surface area contributed by atoms with Crippen molar-refractivity contribution in [2.24, 2.45) is 0 Å². The molecule has 0 saturated carbocycles. The number of hydrogen-bond donors (Lipinski definition) is 9. The zero-order valence-corrected chi connectivity index (χ0v) is 31.1. The first-order valence-corrected chi connectivity index (χ1v) is 19.8. The van der Waals surface area contributed by atoms with E-state index in [1.807, 2.05) is 0 Å². The zero-order valence-electron chi connectivity index (χ0n) is 31.1. The predicted octanol–water partition coefficient (Wildman–Crippen LogP) is 1.92. The van der Waals surface area contributed by atoms with Crippen LogP contribution in [0.5, 0.6) is 0 Å². The van der Waals surface area contributed by atoms with Gasteiger partial charge in [-0.2, -0.15) is 0 Å². The Labute approximate surface area is 304 Å². The number of rotatable bonds is 28. The van der Waals surface area contributed by atoms with Crippen LogP contribution >= 0.6 is 0 Å². The van der Waals surface area contributed by atoms with Crippen LogP contribution in [0, 0.1) is 0 Å². The molecule has 2 aliphatic heterocycles. The lowest BCUT2D eigenvalue weighted by Crippen LogP contribution is -2.65. The maximum absolute atomic E-state index is 12.8. The van der Waals surface area contributed by atoms with Crippen molar-refractivity contribution < 1.29 is 64.6 Å². The van der Waals surface area contributed by atoms with Crippen molar-refractivity contribution in [3.8, 4) is 0 Å². The summed E-state index contributed by atoms with van der Waals surface area (Å²) >= 11 is 0. The predicted molar refractivity (Wildman–Crippen MR) is 189 cm³/mol. The van der Waals surface area contributed by atoms with Gasteiger partial charge in [0.1, 0.15) is 48.8 Å². The molecule has 14 nitrogen and oxygen atoms in total. The van der Waals surface area contributed by atoms with Gasteiger partial charge in [-0.25, -0.2) is 0 Å². The molecular formula is C37H71NO13. The maximum Gasteiger partial charge on any atom is 0.220 e. The Hall–Kier alpha value is -1.01. The van der Waals surface area contributed by atoms with Gasteiger partial charge < -0.3 is 65.1 Å². The molecule has 2 saturated heterocycles. The highest BCUT2D eigenvalue weighted by atomic mass is 16.7. The molecule has 0 bridgehead atoms. The van der Waals surface area contributed by atoms with Crippen molar-refractivity contribution in [2.75, 3.05) is 19.8 Å². The van der Waals surface area contributed by atoms with Crippen molar-refractivity contribution in [3.05, 3.63) is 0 Å². The Morgan fingerprint density at radius 3 is 1.67 bits per heavy atom. The Balaban J connectivity index is 1.92. The Bertz CT molecular complexity index is 883. The van der Waals surface area contributed by atoms with Crippen LogP contribution in [0.2, 0.25) is 0 Å². The normalized spacial score (nSPS) is 31.0. The first kappa shape index (κ1) is 46.1. The maximum atomic E-state index is 12.8. The summed E-state index contributed by atoms with van der Waals surface area (Å²) in [5.41, 5.74) is 0. The van der Waals surface area contributed by atoms with Crippen LogP contribution in [0.4, 0.5) is 0 Å². The summed E-state index contributed by atoms with van der Waals surface area (Å²) in [6, 6.07) is -0.815. The molecule has 2 heterocycles. The van der Waals surface area contributed by atoms with Gasteiger partial charge >= 0.3 is 0 Å². The molecule has 1 amide bonds. The Morgan fingerprint density at radius 1 is 0.627 bits per heavy atom. The second-order valence-electron chi connectivity index (χ2n) is 14.4. The van der Waals surface area contributed by atoms with Gasteiger partial charge in [0.05, 0.1) is 32.0 Å². The van der Waals surface area contributed by atoms with E-state index >= 15 is 0 Å². The summed E-state index contributed by atoms with van der Waals surface area (Å²) in [6.07, 6.45) is 3.21. The monoisotopic (exact) mass is 737 g/mol. The van der Waals surface area contributed by atoms with Gasteiger partial charge in [0.2, 0.25) is 5.91 Å². The SMILES string of the molecule is CCCCCCCCCCCCCCC(O)C(COC1OC(CO)C(OC2OC(CO)C(O)C(O)C2O)C(O)C1O)NC(=O)CCCCCCC. The third kappa shape index (κ3) is 16.5. The number of nitrogens with one attached hydrogen (secondary N) is 1. The van der Waals surface area contributed by atoms with Gasteiger partial charge in [0, 0.05) is 6.42 Å². The summed E-state index contributed by atoms with van der Waals surface area (Å²) in [5.74, 6) is -0.222. The third-order valence-electron chi connectivity index (χ3n) is 10.1. The fraction of sp³-hybridized carbons (Fsp3) is 0.973. The lowest BCUT2D eigenvalue weighted by atomic mass is 9.97. The largest absolute Gasteiger partial charge is 0.394 e. The average molecular weight is 738 g/mol. The van der Waals surface area contributed by atoms with Crippen molar-refractivity contribution in [1.82, 2.24) is 5.32 Å². The van der Waals surface area contributed by atoms with E-state index in [0.29, 0.717) is 12.8 Å². The number of ether oxygens (including phenoxy) is 4. The number of carbonyl (C=O) groups excluding carboxylic acids is 1. The molecule has 51 heavy (non-hydrogen) atoms. The minimum atomic E-state index is -1.77. The number of aliphatic hydroxyl groups excluding tert-OH is 8. The fourth-order valence-corrected chi connectivity index (χ4v) is 6.70. The summed E-state index contributed by atoms with van der Waals surface area (Å²) in [4.78, 5) is 12.8. The van der Waals surface area contributed by atoms with E-state index in [1.165, 1.54) is 51.4 Å². The number of amides is 1. The molecule has 2 aliphatic rings. The van der Waals surface area contributed by atoms with Crippen molar-refractivity contribution >= 4 is 5.91 Å². The average Bonchev–Trinajstić information content (AvgIpc) is 3.12. The van der Waals surface area contributed by atoms with Gasteiger partial charge in [-0.05, 0) is 12.8 Å². The van der Waals surface area contributed by atoms with E-state index in [1.54, 1.807) is 0 Å². The van der Waals surface area contributed by atoms with Gasteiger partial charge in [0.25, 0.3) is 0 Å². The van der Waals surface area contributed by atoms with E-state index in [9.17, 15) is 45.6 Å². The highest BCUT2D eigenvalue weighted by molar-refractivity contribution is 5.76. The van der Waals surface area contributed by atoms with E-state index in [-0.39, 0.29) is 12.5 Å². The first-order chi connectivity index (χ1) is 24.6. The molecule has 0 aromatic rings. The molecule has 2 rings (SSSR count). The Kier molecular flexibility index (Phi) is 24.2. The highest BCUT2D eigenvalue weighted by Gasteiger charge is 2.50. The minimum absolute atomic E-state index is 0.222. The van der Waals surface area contributed by atoms with Gasteiger partial charge in [-0.3, -0.25) is 4.79 Å². The zero-order chi connectivity index (χ0) is 37.6. The molecule has 2 fully saturated rings. The second-order valence-corrected chi connectivity index (χ2v) is 14.4. The van der Waals surface area contributed by atoms with E-state index < -0.39 is 86.8 Å². The van der Waals surface area contributed by atoms with Crippen molar-refractivity contribution in [2.45, 2.75) is 209 Å². The molecule has 0 aromatic heterocycles. The fourth-order valence-electron chi connectivity index (χ4n) is 6.70. The van der Waals surface area contributed by atoms with Gasteiger partial charge in [-0.15, -0.1) is 0 Å². The van der Waals surface area contributed by atoms with Crippen LogP contribution < -0.4 is 5.32 Å². The van der Waals surface area contributed by atoms with Gasteiger partial charge in [0.15, 0.2) is 12.6 Å². The van der Waals surface area contributed by atoms with Gasteiger partial charge in [-0.1, -0.05) is 117 Å². The quantitative estimate of drug-likeness (QED) is 0.0524. The minimum Gasteiger partial charge on any atom is -0.394 e. The van der Waals surface area contributed by atoms with E-state index in [4.69, 9.17) is 18.9 Å². The van der Waals surface area contributed by atoms with Crippen LogP contribution in [-0.2, 0) is 23.7 Å². The Morgan fingerprint density at radius 2 is 1.12 bits per heavy atom. The van der Waals surface area contributed by atoms with E-state index in [2.05, 4.69) is 19.2 Å². The van der Waals surface area contributed by atoms with Crippen molar-refractivity contribution in [3.63, 3.8) is 0 Å². The topological polar surface area (TPSA) is 228 Å². The molecule has 0 aromatic carbocycles. The number of aliphatic hydroxyl groups is 8. The standard InChI is InChI=1S/C37H71NO13/c1-3-5-7-9-10-11-12-13-14-15-17-18-20-26(41)25(38-29(42)21-19-16-8-6-4-2)24-48-36-34(47)32(45)35(28(23-40)50-36)51-37-33(46)31(44)30(43)27(22-39)49-37/h25-28,30-37,39-41,43-47H,3-24H2,1-2H3,(H,38,42). The number of carbonyl (C=O) groups is 1. The third-order valence-corrected chi connectivity index (χ3v) is 10.1. The molecule has 14 heteroatoms. The molecular weight excluding hydrogens is 666 g/mol. The lowest BCUT2D eigenvalue weighted by molar-refractivity contribution is -0.359. The smallest absolute Gasteiger partial charge is 0.220 e. The molecule has 0 spiro atoms. The second kappa shape index (κ2) is 26.7. The van der Waals surface area contributed by atoms with Crippen LogP contribution in [-0.4, -0.2) is 140 Å². The van der Waals surface area contributed by atoms with Crippen LogP contribution in [0.3, 0.4) is 0 Å². The molecule has 302 valence electrons. The number of unbranched alkanes of at least 4 members (excludes halogenated alkanes) is 15. The molecule has 9 N–H and O–H groups in total. The summed E-state index contributed by atoms with van der Waals surface area (Å²) in [6.45, 7) is 2.71. The van der Waals surface area contributed by atoms with Crippen molar-refractivity contribution in [1.29, 1.82) is 0 Å². The molecule has 12 unspecified atom stereocenters. The van der Waals surface area contributed by atoms with E-state index in [0.717, 1.165) is 57.8 Å². The molecule has 12 atom stereocenters. The number of hydrogen-bond acceptors (Lipinski definition) is 13. The first-order valence-electron chi connectivity index (χ1n) is 19.8. The summed E-state index contributed by atoms with van der Waals surface area (Å²) in [5, 5.41) is 85.9. The molecule has 0 aliphatic carbocycles. The van der Waals surface area contributed by atoms with Crippen LogP contribution in [0.1, 0.15) is 136 Å². The lowest BCUT2D eigenvalue weighted by Gasteiger charge is -2.46. The molecule has 0 radical (unpaired) electrons. The van der Waals surface area contributed by atoms with Crippen LogP contribution in [0.25, 0.3) is 0 Å².